The van der Waals surface area contributed by atoms with Crippen LogP contribution in [0.1, 0.15) is 28.4 Å². The summed E-state index contributed by atoms with van der Waals surface area (Å²) in [5, 5.41) is 11.7. The monoisotopic (exact) mass is 418 g/mol. The maximum atomic E-state index is 13.1. The summed E-state index contributed by atoms with van der Waals surface area (Å²) in [4.78, 5) is 31.9. The molecule has 1 aromatic heterocycles. The Morgan fingerprint density at radius 3 is 2.43 bits per heavy atom. The number of hydrogen-bond acceptors (Lipinski definition) is 4. The predicted octanol–water partition coefficient (Wildman–Crippen LogP) is 4.98. The Morgan fingerprint density at radius 2 is 1.77 bits per heavy atom. The number of benzene rings is 2. The van der Waals surface area contributed by atoms with Gasteiger partial charge in [-0.25, -0.2) is 0 Å². The third-order valence-electron chi connectivity index (χ3n) is 5.17. The predicted molar refractivity (Wildman–Crippen MR) is 116 cm³/mol. The van der Waals surface area contributed by atoms with Gasteiger partial charge in [-0.05, 0) is 61.9 Å². The Kier molecular flexibility index (Phi) is 5.14. The number of aliphatic hydroxyl groups excluding tert-OH is 1. The first-order chi connectivity index (χ1) is 14.4. The Bertz CT molecular complexity index is 1170. The number of carbonyl (C=O) groups excluding carboxylic acids is 2. The molecule has 1 amide bonds. The molecular formula is C24H19ClN2O3. The number of nitrogens with zero attached hydrogens (tertiary/aromatic N) is 2. The lowest BCUT2D eigenvalue weighted by Crippen LogP contribution is -2.29. The molecule has 1 aliphatic rings. The lowest BCUT2D eigenvalue weighted by Gasteiger charge is -2.24. The van der Waals surface area contributed by atoms with E-state index in [1.54, 1.807) is 54.7 Å². The molecule has 1 atom stereocenters. The largest absolute Gasteiger partial charge is 0.507 e. The number of hydrogen-bond donors (Lipinski definition) is 1. The first kappa shape index (κ1) is 19.9. The summed E-state index contributed by atoms with van der Waals surface area (Å²) in [5.41, 5.74) is 3.25. The van der Waals surface area contributed by atoms with Gasteiger partial charge in [-0.1, -0.05) is 35.4 Å². The van der Waals surface area contributed by atoms with E-state index in [1.807, 2.05) is 26.0 Å². The van der Waals surface area contributed by atoms with E-state index in [2.05, 4.69) is 4.98 Å². The molecule has 3 aromatic rings. The third kappa shape index (κ3) is 3.37. The molecule has 6 heteroatoms. The van der Waals surface area contributed by atoms with Crippen LogP contribution in [0.2, 0.25) is 5.02 Å². The van der Waals surface area contributed by atoms with Gasteiger partial charge < -0.3 is 5.11 Å². The molecule has 1 fully saturated rings. The summed E-state index contributed by atoms with van der Waals surface area (Å²) in [7, 11) is 0. The maximum Gasteiger partial charge on any atom is 0.300 e. The van der Waals surface area contributed by atoms with E-state index in [9.17, 15) is 14.7 Å². The van der Waals surface area contributed by atoms with Gasteiger partial charge >= 0.3 is 0 Å². The fourth-order valence-corrected chi connectivity index (χ4v) is 3.78. The zero-order chi connectivity index (χ0) is 21.4. The maximum absolute atomic E-state index is 13.1. The lowest BCUT2D eigenvalue weighted by atomic mass is 9.95. The average Bonchev–Trinajstić information content (AvgIpc) is 3.01. The first-order valence-electron chi connectivity index (χ1n) is 9.43. The second kappa shape index (κ2) is 7.76. The number of amides is 1. The van der Waals surface area contributed by atoms with Gasteiger partial charge in [0.1, 0.15) is 11.8 Å². The van der Waals surface area contributed by atoms with Crippen LogP contribution in [0.15, 0.2) is 72.4 Å². The fraction of sp³-hybridized carbons (Fsp3) is 0.125. The van der Waals surface area contributed by atoms with Crippen molar-refractivity contribution in [2.45, 2.75) is 19.9 Å². The molecule has 1 aliphatic heterocycles. The Hall–Kier alpha value is -3.44. The highest BCUT2D eigenvalue weighted by Gasteiger charge is 2.47. The highest BCUT2D eigenvalue weighted by molar-refractivity contribution is 6.51. The summed E-state index contributed by atoms with van der Waals surface area (Å²) in [6.07, 6.45) is 1.59. The lowest BCUT2D eigenvalue weighted by molar-refractivity contribution is -0.132. The number of Topliss-reactive ketones (excluding diaryl/α,β-unsaturated/α-hetero) is 1. The van der Waals surface area contributed by atoms with Gasteiger partial charge in [0.2, 0.25) is 0 Å². The molecule has 1 unspecified atom stereocenters. The molecule has 30 heavy (non-hydrogen) atoms. The van der Waals surface area contributed by atoms with Gasteiger partial charge in [-0.15, -0.1) is 0 Å². The topological polar surface area (TPSA) is 70.5 Å². The van der Waals surface area contributed by atoms with E-state index in [4.69, 9.17) is 11.6 Å². The number of halogens is 1. The van der Waals surface area contributed by atoms with E-state index in [0.29, 0.717) is 22.0 Å². The molecule has 2 aromatic carbocycles. The zero-order valence-electron chi connectivity index (χ0n) is 16.5. The Balaban J connectivity index is 1.97. The van der Waals surface area contributed by atoms with E-state index in [-0.39, 0.29) is 11.3 Å². The molecule has 0 spiro atoms. The van der Waals surface area contributed by atoms with Crippen molar-refractivity contribution in [1.82, 2.24) is 4.98 Å². The Labute approximate surface area is 179 Å². The van der Waals surface area contributed by atoms with Crippen LogP contribution < -0.4 is 4.90 Å². The smallest absolute Gasteiger partial charge is 0.300 e. The number of anilines is 1. The summed E-state index contributed by atoms with van der Waals surface area (Å²) < 4.78 is 0. The minimum absolute atomic E-state index is 0.0161. The first-order valence-corrected chi connectivity index (χ1v) is 9.81. The van der Waals surface area contributed by atoms with E-state index < -0.39 is 17.7 Å². The van der Waals surface area contributed by atoms with Crippen molar-refractivity contribution in [3.05, 3.63) is 99.8 Å². The van der Waals surface area contributed by atoms with Crippen molar-refractivity contribution in [3.8, 4) is 0 Å². The average molecular weight is 419 g/mol. The molecule has 0 radical (unpaired) electrons. The minimum Gasteiger partial charge on any atom is -0.507 e. The summed E-state index contributed by atoms with van der Waals surface area (Å²) in [6, 6.07) is 16.6. The van der Waals surface area contributed by atoms with Gasteiger partial charge in [0.05, 0.1) is 11.3 Å². The molecule has 2 heterocycles. The Morgan fingerprint density at radius 1 is 1.03 bits per heavy atom. The normalized spacial score (nSPS) is 18.1. The zero-order valence-corrected chi connectivity index (χ0v) is 17.2. The SMILES string of the molecule is Cc1ccc(C)c(/C(O)=C2\C(=O)C(=O)N(c3ccc(Cl)cc3)C2c2ccccn2)c1. The second-order valence-electron chi connectivity index (χ2n) is 7.22. The number of ketones is 1. The molecule has 150 valence electrons. The molecular weight excluding hydrogens is 400 g/mol. The number of rotatable bonds is 3. The van der Waals surface area contributed by atoms with Gasteiger partial charge in [0.25, 0.3) is 11.7 Å². The second-order valence-corrected chi connectivity index (χ2v) is 7.65. The van der Waals surface area contributed by atoms with Crippen LogP contribution in [-0.2, 0) is 9.59 Å². The molecule has 5 nitrogen and oxygen atoms in total. The number of pyridine rings is 1. The number of aliphatic hydroxyl groups is 1. The molecule has 1 saturated heterocycles. The van der Waals surface area contributed by atoms with Crippen molar-refractivity contribution >= 4 is 34.7 Å². The van der Waals surface area contributed by atoms with Crippen molar-refractivity contribution in [1.29, 1.82) is 0 Å². The van der Waals surface area contributed by atoms with Crippen LogP contribution in [0, 0.1) is 13.8 Å². The van der Waals surface area contributed by atoms with Crippen molar-refractivity contribution in [3.63, 3.8) is 0 Å². The van der Waals surface area contributed by atoms with E-state index >= 15 is 0 Å². The molecule has 4 rings (SSSR count). The standard InChI is InChI=1S/C24H19ClN2O3/c1-14-6-7-15(2)18(13-14)22(28)20-21(19-5-3-4-12-26-19)27(24(30)23(20)29)17-10-8-16(25)9-11-17/h3-13,21,28H,1-2H3/b22-20+. The number of carbonyl (C=O) groups is 2. The summed E-state index contributed by atoms with van der Waals surface area (Å²) in [6.45, 7) is 3.75. The molecule has 0 saturated carbocycles. The molecule has 0 bridgehead atoms. The van der Waals surface area contributed by atoms with Crippen LogP contribution in [-0.4, -0.2) is 21.8 Å². The van der Waals surface area contributed by atoms with Gasteiger partial charge in [-0.2, -0.15) is 0 Å². The van der Waals surface area contributed by atoms with Gasteiger partial charge in [0, 0.05) is 22.5 Å². The van der Waals surface area contributed by atoms with Crippen molar-refractivity contribution < 1.29 is 14.7 Å². The fourth-order valence-electron chi connectivity index (χ4n) is 3.65. The van der Waals surface area contributed by atoms with Crippen LogP contribution >= 0.6 is 11.6 Å². The van der Waals surface area contributed by atoms with Crippen molar-refractivity contribution in [2.24, 2.45) is 0 Å². The molecule has 0 aliphatic carbocycles. The van der Waals surface area contributed by atoms with Gasteiger partial charge in [-0.3, -0.25) is 19.5 Å². The highest BCUT2D eigenvalue weighted by Crippen LogP contribution is 2.42. The van der Waals surface area contributed by atoms with Gasteiger partial charge in [0.15, 0.2) is 0 Å². The third-order valence-corrected chi connectivity index (χ3v) is 5.42. The van der Waals surface area contributed by atoms with Crippen molar-refractivity contribution in [2.75, 3.05) is 4.90 Å². The van der Waals surface area contributed by atoms with E-state index in [1.165, 1.54) is 4.90 Å². The highest BCUT2D eigenvalue weighted by atomic mass is 35.5. The van der Waals surface area contributed by atoms with Crippen LogP contribution in [0.25, 0.3) is 5.76 Å². The van der Waals surface area contributed by atoms with Crippen LogP contribution in [0.4, 0.5) is 5.69 Å². The summed E-state index contributed by atoms with van der Waals surface area (Å²) >= 11 is 6.00. The summed E-state index contributed by atoms with van der Waals surface area (Å²) in [5.74, 6) is -1.68. The van der Waals surface area contributed by atoms with E-state index in [0.717, 1.165) is 11.1 Å². The minimum atomic E-state index is -0.854. The van der Waals surface area contributed by atoms with Crippen LogP contribution in [0.3, 0.4) is 0 Å². The molecule has 1 N–H and O–H groups in total. The number of aromatic nitrogens is 1. The van der Waals surface area contributed by atoms with Crippen LogP contribution in [0.5, 0.6) is 0 Å². The number of aryl methyl sites for hydroxylation is 2. The quantitative estimate of drug-likeness (QED) is 0.370.